The number of rotatable bonds is 1. The van der Waals surface area contributed by atoms with Crippen LogP contribution in [0.4, 0.5) is 0 Å². The summed E-state index contributed by atoms with van der Waals surface area (Å²) in [6.45, 7) is 0. The molecule has 0 aromatic heterocycles. The number of nitrogens with zero attached hydrogens (tertiary/aromatic N) is 1. The fourth-order valence-corrected chi connectivity index (χ4v) is 1.42. The lowest BCUT2D eigenvalue weighted by molar-refractivity contribution is -0.137. The fraction of sp³-hybridized carbons (Fsp3) is 0.167. The van der Waals surface area contributed by atoms with Crippen molar-refractivity contribution in [1.82, 2.24) is 0 Å². The van der Waals surface area contributed by atoms with Gasteiger partial charge >= 0.3 is 5.97 Å². The van der Waals surface area contributed by atoms with Crippen molar-refractivity contribution in [3.63, 3.8) is 0 Å². The second-order valence-corrected chi connectivity index (χ2v) is 3.27. The van der Waals surface area contributed by atoms with Gasteiger partial charge in [0.2, 0.25) is 0 Å². The normalized spacial score (nSPS) is 15.1. The first-order chi connectivity index (χ1) is 7.29. The second kappa shape index (κ2) is 3.97. The van der Waals surface area contributed by atoms with E-state index in [0.29, 0.717) is 24.2 Å². The summed E-state index contributed by atoms with van der Waals surface area (Å²) in [4.78, 5) is 11.1. The van der Waals surface area contributed by atoms with Gasteiger partial charge in [0, 0.05) is 12.0 Å². The van der Waals surface area contributed by atoms with Crippen molar-refractivity contribution in [3.05, 3.63) is 41.5 Å². The van der Waals surface area contributed by atoms with Crippen LogP contribution in [0, 0.1) is 11.3 Å². The van der Waals surface area contributed by atoms with E-state index in [1.807, 2.05) is 12.1 Å². The highest BCUT2D eigenvalue weighted by atomic mass is 16.5. The molecular weight excluding hydrogens is 190 g/mol. The summed E-state index contributed by atoms with van der Waals surface area (Å²) in [5.41, 5.74) is 1.43. The molecule has 0 spiro atoms. The quantitative estimate of drug-likeness (QED) is 0.651. The molecule has 1 aliphatic heterocycles. The minimum Gasteiger partial charge on any atom is -0.426 e. The predicted octanol–water partition coefficient (Wildman–Crippen LogP) is 2.24. The third-order valence-electron chi connectivity index (χ3n) is 2.20. The van der Waals surface area contributed by atoms with Gasteiger partial charge in [0.15, 0.2) is 0 Å². The molecule has 15 heavy (non-hydrogen) atoms. The number of esters is 1. The largest absolute Gasteiger partial charge is 0.426 e. The van der Waals surface area contributed by atoms with E-state index in [9.17, 15) is 4.79 Å². The van der Waals surface area contributed by atoms with E-state index in [-0.39, 0.29) is 5.97 Å². The Morgan fingerprint density at radius 2 is 2.00 bits per heavy atom. The van der Waals surface area contributed by atoms with Gasteiger partial charge in [0.05, 0.1) is 11.6 Å². The fourth-order valence-electron chi connectivity index (χ4n) is 1.42. The predicted molar refractivity (Wildman–Crippen MR) is 54.5 cm³/mol. The minimum absolute atomic E-state index is 0.197. The highest BCUT2D eigenvalue weighted by molar-refractivity contribution is 5.80. The molecule has 1 heterocycles. The Morgan fingerprint density at radius 1 is 1.27 bits per heavy atom. The van der Waals surface area contributed by atoms with E-state index in [1.165, 1.54) is 0 Å². The lowest BCUT2D eigenvalue weighted by Crippen LogP contribution is -2.07. The van der Waals surface area contributed by atoms with Crippen LogP contribution in [0.2, 0.25) is 0 Å². The molecule has 3 heteroatoms. The average molecular weight is 199 g/mol. The highest BCUT2D eigenvalue weighted by Gasteiger charge is 2.13. The van der Waals surface area contributed by atoms with Gasteiger partial charge in [-0.2, -0.15) is 5.26 Å². The van der Waals surface area contributed by atoms with E-state index < -0.39 is 0 Å². The monoisotopic (exact) mass is 199 g/mol. The van der Waals surface area contributed by atoms with Crippen LogP contribution in [0.25, 0.3) is 5.76 Å². The Bertz CT molecular complexity index is 452. The molecule has 74 valence electrons. The van der Waals surface area contributed by atoms with Gasteiger partial charge in [-0.05, 0) is 36.8 Å². The van der Waals surface area contributed by atoms with Crippen molar-refractivity contribution < 1.29 is 9.53 Å². The van der Waals surface area contributed by atoms with Gasteiger partial charge in [-0.25, -0.2) is 0 Å². The van der Waals surface area contributed by atoms with Crippen molar-refractivity contribution in [2.45, 2.75) is 12.8 Å². The molecule has 0 atom stereocenters. The number of benzene rings is 1. The Balaban J connectivity index is 2.26. The van der Waals surface area contributed by atoms with Crippen molar-refractivity contribution in [1.29, 1.82) is 5.26 Å². The van der Waals surface area contributed by atoms with Crippen LogP contribution in [-0.2, 0) is 9.53 Å². The molecule has 0 radical (unpaired) electrons. The van der Waals surface area contributed by atoms with Crippen molar-refractivity contribution >= 4 is 11.7 Å². The zero-order valence-electron chi connectivity index (χ0n) is 8.06. The number of cyclic esters (lactones) is 1. The molecule has 0 aliphatic carbocycles. The SMILES string of the molecule is N#Cc1ccc(C2=CCCC(=O)O2)cc1. The van der Waals surface area contributed by atoms with Crippen LogP contribution in [0.5, 0.6) is 0 Å². The zero-order chi connectivity index (χ0) is 10.7. The Kier molecular flexibility index (Phi) is 2.51. The summed E-state index contributed by atoms with van der Waals surface area (Å²) in [5, 5.41) is 8.63. The van der Waals surface area contributed by atoms with E-state index in [1.54, 1.807) is 24.3 Å². The van der Waals surface area contributed by atoms with E-state index in [0.717, 1.165) is 5.56 Å². The summed E-state index contributed by atoms with van der Waals surface area (Å²) >= 11 is 0. The first-order valence-electron chi connectivity index (χ1n) is 4.71. The van der Waals surface area contributed by atoms with Gasteiger partial charge in [0.25, 0.3) is 0 Å². The first-order valence-corrected chi connectivity index (χ1v) is 4.71. The summed E-state index contributed by atoms with van der Waals surface area (Å²) < 4.78 is 5.09. The number of hydrogen-bond acceptors (Lipinski definition) is 3. The molecule has 0 unspecified atom stereocenters. The van der Waals surface area contributed by atoms with Gasteiger partial charge in [0.1, 0.15) is 5.76 Å². The minimum atomic E-state index is -0.197. The molecule has 0 fully saturated rings. The van der Waals surface area contributed by atoms with Crippen LogP contribution >= 0.6 is 0 Å². The van der Waals surface area contributed by atoms with Crippen LogP contribution in [0.15, 0.2) is 30.3 Å². The first kappa shape index (κ1) is 9.47. The van der Waals surface area contributed by atoms with Gasteiger partial charge in [-0.15, -0.1) is 0 Å². The number of hydrogen-bond donors (Lipinski definition) is 0. The van der Waals surface area contributed by atoms with Crippen molar-refractivity contribution in [3.8, 4) is 6.07 Å². The van der Waals surface area contributed by atoms with Crippen LogP contribution in [-0.4, -0.2) is 5.97 Å². The van der Waals surface area contributed by atoms with Crippen molar-refractivity contribution in [2.75, 3.05) is 0 Å². The molecule has 0 N–H and O–H groups in total. The smallest absolute Gasteiger partial charge is 0.311 e. The molecule has 0 saturated carbocycles. The molecule has 0 amide bonds. The van der Waals surface area contributed by atoms with Crippen LogP contribution in [0.3, 0.4) is 0 Å². The third-order valence-corrected chi connectivity index (χ3v) is 2.20. The molecule has 1 aliphatic rings. The third kappa shape index (κ3) is 2.05. The summed E-state index contributed by atoms with van der Waals surface area (Å²) in [6, 6.07) is 9.01. The lowest BCUT2D eigenvalue weighted by atomic mass is 10.1. The maximum Gasteiger partial charge on any atom is 0.311 e. The van der Waals surface area contributed by atoms with E-state index >= 15 is 0 Å². The van der Waals surface area contributed by atoms with Crippen molar-refractivity contribution in [2.24, 2.45) is 0 Å². The Hall–Kier alpha value is -2.08. The van der Waals surface area contributed by atoms with Gasteiger partial charge < -0.3 is 4.74 Å². The Morgan fingerprint density at radius 3 is 2.60 bits per heavy atom. The molecule has 3 nitrogen and oxygen atoms in total. The summed E-state index contributed by atoms with van der Waals surface area (Å²) in [7, 11) is 0. The molecule has 2 rings (SSSR count). The lowest BCUT2D eigenvalue weighted by Gasteiger charge is -2.12. The maximum absolute atomic E-state index is 11.1. The van der Waals surface area contributed by atoms with E-state index in [2.05, 4.69) is 0 Å². The van der Waals surface area contributed by atoms with E-state index in [4.69, 9.17) is 10.00 Å². The summed E-state index contributed by atoms with van der Waals surface area (Å²) in [6.07, 6.45) is 3.05. The second-order valence-electron chi connectivity index (χ2n) is 3.27. The van der Waals surface area contributed by atoms with Gasteiger partial charge in [-0.3, -0.25) is 4.79 Å². The Labute approximate surface area is 87.6 Å². The van der Waals surface area contributed by atoms with Crippen LogP contribution in [0.1, 0.15) is 24.0 Å². The maximum atomic E-state index is 11.1. The standard InChI is InChI=1S/C12H9NO2/c13-8-9-4-6-10(7-5-9)11-2-1-3-12(14)15-11/h2,4-7H,1,3H2. The number of nitriles is 1. The zero-order valence-corrected chi connectivity index (χ0v) is 8.06. The molecule has 1 aromatic rings. The molecule has 0 saturated heterocycles. The molecule has 0 bridgehead atoms. The van der Waals surface area contributed by atoms with Gasteiger partial charge in [-0.1, -0.05) is 0 Å². The number of carbonyl (C=O) groups is 1. The number of carbonyl (C=O) groups excluding carboxylic acids is 1. The highest BCUT2D eigenvalue weighted by Crippen LogP contribution is 2.22. The average Bonchev–Trinajstić information content (AvgIpc) is 2.29. The number of allylic oxidation sites excluding steroid dienone is 1. The number of ether oxygens (including phenoxy) is 1. The topological polar surface area (TPSA) is 50.1 Å². The molecule has 1 aromatic carbocycles. The van der Waals surface area contributed by atoms with Crippen LogP contribution < -0.4 is 0 Å². The summed E-state index contributed by atoms with van der Waals surface area (Å²) in [5.74, 6) is 0.396. The molecular formula is C12H9NO2.